The highest BCUT2D eigenvalue weighted by Gasteiger charge is 2.23. The van der Waals surface area contributed by atoms with Gasteiger partial charge in [-0.05, 0) is 37.6 Å². The number of anilines is 1. The van der Waals surface area contributed by atoms with Crippen LogP contribution in [-0.4, -0.2) is 47.6 Å². The monoisotopic (exact) mass is 413 g/mol. The van der Waals surface area contributed by atoms with E-state index in [1.165, 1.54) is 11.3 Å². The Morgan fingerprint density at radius 3 is 2.81 bits per heavy atom. The molecule has 0 radical (unpaired) electrons. The van der Waals surface area contributed by atoms with Gasteiger partial charge < -0.3 is 10.1 Å². The van der Waals surface area contributed by atoms with Crippen molar-refractivity contribution in [1.82, 2.24) is 9.88 Å². The Morgan fingerprint density at radius 1 is 1.35 bits per heavy atom. The van der Waals surface area contributed by atoms with Crippen LogP contribution in [0.5, 0.6) is 0 Å². The van der Waals surface area contributed by atoms with Crippen molar-refractivity contribution in [2.24, 2.45) is 0 Å². The number of rotatable bonds is 5. The van der Waals surface area contributed by atoms with Gasteiger partial charge >= 0.3 is 0 Å². The Bertz CT molecular complexity index is 774. The maximum absolute atomic E-state index is 12.3. The lowest BCUT2D eigenvalue weighted by Gasteiger charge is -2.34. The Balaban J connectivity index is 1.56. The number of aromatic nitrogens is 1. The minimum absolute atomic E-state index is 0.0620. The standard InChI is InChI=1S/C18H21Cl2N3O2S/c1-11-8-23(9-12(2)25-11)10-17(24)22-18-21-7-15(26-18)6-13-5-14(19)3-4-16(13)20/h3-5,7,11-12H,6,8-10H2,1-2H3,(H,21,22,24)/t11-,12-/m1/s1. The highest BCUT2D eigenvalue weighted by atomic mass is 35.5. The number of carbonyl (C=O) groups is 1. The first-order valence-corrected chi connectivity index (χ1v) is 10.0. The second-order valence-corrected chi connectivity index (χ2v) is 8.50. The molecule has 3 rings (SSSR count). The molecule has 26 heavy (non-hydrogen) atoms. The number of amides is 1. The molecule has 0 unspecified atom stereocenters. The number of morpholine rings is 1. The van der Waals surface area contributed by atoms with E-state index < -0.39 is 0 Å². The molecular weight excluding hydrogens is 393 g/mol. The van der Waals surface area contributed by atoms with Crippen molar-refractivity contribution in [3.05, 3.63) is 44.9 Å². The number of thiazole rings is 1. The van der Waals surface area contributed by atoms with Crippen molar-refractivity contribution in [3.63, 3.8) is 0 Å². The Morgan fingerprint density at radius 2 is 2.08 bits per heavy atom. The molecule has 1 aliphatic rings. The van der Waals surface area contributed by atoms with E-state index in [-0.39, 0.29) is 18.1 Å². The fourth-order valence-corrected chi connectivity index (χ4v) is 4.32. The minimum atomic E-state index is -0.0620. The molecule has 0 bridgehead atoms. The molecule has 0 aliphatic carbocycles. The topological polar surface area (TPSA) is 54.5 Å². The van der Waals surface area contributed by atoms with Gasteiger partial charge in [0, 0.05) is 40.6 Å². The first-order chi connectivity index (χ1) is 12.4. The average molecular weight is 414 g/mol. The van der Waals surface area contributed by atoms with E-state index >= 15 is 0 Å². The van der Waals surface area contributed by atoms with Crippen LogP contribution in [0, 0.1) is 0 Å². The smallest absolute Gasteiger partial charge is 0.240 e. The lowest BCUT2D eigenvalue weighted by Crippen LogP contribution is -2.48. The van der Waals surface area contributed by atoms with Gasteiger partial charge in [-0.2, -0.15) is 0 Å². The van der Waals surface area contributed by atoms with E-state index in [1.807, 2.05) is 19.9 Å². The number of nitrogens with one attached hydrogen (secondary N) is 1. The lowest BCUT2D eigenvalue weighted by molar-refractivity contribution is -0.121. The summed E-state index contributed by atoms with van der Waals surface area (Å²) in [6.45, 7) is 5.90. The molecule has 1 saturated heterocycles. The van der Waals surface area contributed by atoms with E-state index in [9.17, 15) is 4.79 Å². The number of hydrogen-bond donors (Lipinski definition) is 1. The van der Waals surface area contributed by atoms with Crippen LogP contribution in [0.25, 0.3) is 0 Å². The summed E-state index contributed by atoms with van der Waals surface area (Å²) in [5, 5.41) is 4.79. The number of benzene rings is 1. The van der Waals surface area contributed by atoms with Crippen LogP contribution in [0.4, 0.5) is 5.13 Å². The fourth-order valence-electron chi connectivity index (χ4n) is 3.09. The molecule has 2 aromatic rings. The largest absolute Gasteiger partial charge is 0.373 e. The number of hydrogen-bond acceptors (Lipinski definition) is 5. The normalized spacial score (nSPS) is 20.9. The van der Waals surface area contributed by atoms with Crippen LogP contribution in [0.15, 0.2) is 24.4 Å². The first-order valence-electron chi connectivity index (χ1n) is 8.45. The third-order valence-electron chi connectivity index (χ3n) is 4.03. The molecule has 0 spiro atoms. The van der Waals surface area contributed by atoms with Crippen molar-refractivity contribution in [3.8, 4) is 0 Å². The summed E-state index contributed by atoms with van der Waals surface area (Å²) >= 11 is 13.7. The molecule has 1 aliphatic heterocycles. The van der Waals surface area contributed by atoms with Crippen molar-refractivity contribution in [1.29, 1.82) is 0 Å². The number of halogens is 2. The van der Waals surface area contributed by atoms with Gasteiger partial charge in [0.15, 0.2) is 5.13 Å². The van der Waals surface area contributed by atoms with Crippen LogP contribution in [0.1, 0.15) is 24.3 Å². The van der Waals surface area contributed by atoms with E-state index in [0.717, 1.165) is 23.5 Å². The minimum Gasteiger partial charge on any atom is -0.373 e. The van der Waals surface area contributed by atoms with E-state index in [0.29, 0.717) is 28.1 Å². The van der Waals surface area contributed by atoms with Crippen molar-refractivity contribution in [2.45, 2.75) is 32.5 Å². The summed E-state index contributed by atoms with van der Waals surface area (Å²) in [5.74, 6) is -0.0620. The Kier molecular flexibility index (Phi) is 6.53. The highest BCUT2D eigenvalue weighted by molar-refractivity contribution is 7.15. The average Bonchev–Trinajstić information content (AvgIpc) is 2.96. The van der Waals surface area contributed by atoms with Gasteiger partial charge in [0.05, 0.1) is 18.8 Å². The van der Waals surface area contributed by atoms with Crippen LogP contribution < -0.4 is 5.32 Å². The molecule has 1 aromatic carbocycles. The summed E-state index contributed by atoms with van der Waals surface area (Å²) in [6.07, 6.45) is 2.67. The van der Waals surface area contributed by atoms with Gasteiger partial charge in [-0.25, -0.2) is 4.98 Å². The molecule has 1 N–H and O–H groups in total. The SMILES string of the molecule is C[C@@H]1CN(CC(=O)Nc2ncc(Cc3cc(Cl)ccc3Cl)s2)C[C@@H](C)O1. The van der Waals surface area contributed by atoms with E-state index in [2.05, 4.69) is 15.2 Å². The molecule has 2 atom stereocenters. The van der Waals surface area contributed by atoms with Gasteiger partial charge in [-0.1, -0.05) is 23.2 Å². The van der Waals surface area contributed by atoms with E-state index in [1.54, 1.807) is 18.3 Å². The zero-order valence-corrected chi connectivity index (χ0v) is 17.0. The van der Waals surface area contributed by atoms with Gasteiger partial charge in [-0.3, -0.25) is 9.69 Å². The quantitative estimate of drug-likeness (QED) is 0.801. The summed E-state index contributed by atoms with van der Waals surface area (Å²) < 4.78 is 5.69. The van der Waals surface area contributed by atoms with Crippen LogP contribution in [-0.2, 0) is 16.0 Å². The Hall–Kier alpha value is -1.18. The zero-order valence-electron chi connectivity index (χ0n) is 14.7. The zero-order chi connectivity index (χ0) is 18.7. The number of ether oxygens (including phenoxy) is 1. The van der Waals surface area contributed by atoms with Crippen molar-refractivity contribution >= 4 is 45.6 Å². The second kappa shape index (κ2) is 8.67. The van der Waals surface area contributed by atoms with Crippen LogP contribution >= 0.6 is 34.5 Å². The highest BCUT2D eigenvalue weighted by Crippen LogP contribution is 2.27. The van der Waals surface area contributed by atoms with Crippen molar-refractivity contribution < 1.29 is 9.53 Å². The third kappa shape index (κ3) is 5.41. The number of nitrogens with zero attached hydrogens (tertiary/aromatic N) is 2. The molecular formula is C18H21Cl2N3O2S. The molecule has 5 nitrogen and oxygen atoms in total. The first kappa shape index (κ1) is 19.6. The van der Waals surface area contributed by atoms with Crippen molar-refractivity contribution in [2.75, 3.05) is 25.0 Å². The molecule has 1 amide bonds. The molecule has 1 aromatic heterocycles. The van der Waals surface area contributed by atoms with E-state index in [4.69, 9.17) is 27.9 Å². The molecule has 2 heterocycles. The summed E-state index contributed by atoms with van der Waals surface area (Å²) in [7, 11) is 0. The van der Waals surface area contributed by atoms with Crippen LogP contribution in [0.2, 0.25) is 10.0 Å². The van der Waals surface area contributed by atoms with Gasteiger partial charge in [0.2, 0.25) is 5.91 Å². The molecule has 1 fully saturated rings. The predicted molar refractivity (Wildman–Crippen MR) is 106 cm³/mol. The summed E-state index contributed by atoms with van der Waals surface area (Å²) in [5.41, 5.74) is 0.942. The van der Waals surface area contributed by atoms with Gasteiger partial charge in [-0.15, -0.1) is 11.3 Å². The third-order valence-corrected chi connectivity index (χ3v) is 5.55. The predicted octanol–water partition coefficient (Wildman–Crippen LogP) is 4.09. The second-order valence-electron chi connectivity index (χ2n) is 6.54. The molecule has 8 heteroatoms. The molecule has 0 saturated carbocycles. The summed E-state index contributed by atoms with van der Waals surface area (Å²) in [6, 6.07) is 5.40. The van der Waals surface area contributed by atoms with Gasteiger partial charge in [0.25, 0.3) is 0 Å². The maximum atomic E-state index is 12.3. The lowest BCUT2D eigenvalue weighted by atomic mass is 10.1. The summed E-state index contributed by atoms with van der Waals surface area (Å²) in [4.78, 5) is 19.7. The molecule has 140 valence electrons. The Labute approximate surface area is 167 Å². The van der Waals surface area contributed by atoms with Crippen LogP contribution in [0.3, 0.4) is 0 Å². The maximum Gasteiger partial charge on any atom is 0.240 e. The fraction of sp³-hybridized carbons (Fsp3) is 0.444. The number of carbonyl (C=O) groups excluding carboxylic acids is 1. The van der Waals surface area contributed by atoms with Gasteiger partial charge in [0.1, 0.15) is 0 Å².